The molecule has 0 aromatic rings. The fourth-order valence-corrected chi connectivity index (χ4v) is 5.27. The van der Waals surface area contributed by atoms with E-state index in [9.17, 15) is 9.18 Å². The molecule has 4 atom stereocenters. The monoisotopic (exact) mass is 319 g/mol. The Hall–Kier alpha value is -0.150. The van der Waals surface area contributed by atoms with Crippen LogP contribution < -0.4 is 0 Å². The molecular formula is C15H20Cl2FNO. The third kappa shape index (κ3) is 2.31. The van der Waals surface area contributed by atoms with Crippen molar-refractivity contribution in [3.63, 3.8) is 0 Å². The highest BCUT2D eigenvalue weighted by Gasteiger charge is 2.53. The molecule has 4 unspecified atom stereocenters. The van der Waals surface area contributed by atoms with Crippen molar-refractivity contribution in [2.75, 3.05) is 0 Å². The molecule has 0 saturated heterocycles. The Bertz CT molecular complexity index is 420. The van der Waals surface area contributed by atoms with Crippen LogP contribution >= 0.6 is 23.2 Å². The fraction of sp³-hybridized carbons (Fsp3) is 0.867. The van der Waals surface area contributed by atoms with Gasteiger partial charge in [-0.25, -0.2) is 9.38 Å². The molecule has 112 valence electrons. The Balaban J connectivity index is 1.94. The molecule has 0 heterocycles. The predicted octanol–water partition coefficient (Wildman–Crippen LogP) is 4.13. The fourth-order valence-electron chi connectivity index (χ4n) is 4.59. The number of hydrogen-bond acceptors (Lipinski definition) is 1. The first kappa shape index (κ1) is 14.8. The summed E-state index contributed by atoms with van der Waals surface area (Å²) in [6.07, 6.45) is 5.95. The molecule has 2 nitrogen and oxygen atoms in total. The summed E-state index contributed by atoms with van der Waals surface area (Å²) in [5.74, 6) is 0.226. The van der Waals surface area contributed by atoms with Crippen molar-refractivity contribution in [2.45, 2.75) is 61.9 Å². The molecule has 0 radical (unpaired) electrons. The van der Waals surface area contributed by atoms with Gasteiger partial charge in [-0.2, -0.15) is 0 Å². The van der Waals surface area contributed by atoms with Crippen molar-refractivity contribution in [3.05, 3.63) is 0 Å². The van der Waals surface area contributed by atoms with Crippen LogP contribution in [0.1, 0.15) is 44.9 Å². The lowest BCUT2D eigenvalue weighted by molar-refractivity contribution is -0.106. The first-order valence-electron chi connectivity index (χ1n) is 7.51. The second-order valence-electron chi connectivity index (χ2n) is 6.63. The smallest absolute Gasteiger partial charge is 0.232 e. The molecule has 0 aromatic carbocycles. The Morgan fingerprint density at radius 1 is 1.20 bits per heavy atom. The highest BCUT2D eigenvalue weighted by molar-refractivity contribution is 6.31. The Labute approximate surface area is 129 Å². The number of hydrogen-bond donors (Lipinski definition) is 0. The molecule has 3 fully saturated rings. The second kappa shape index (κ2) is 5.57. The maximum Gasteiger partial charge on any atom is 0.232 e. The average Bonchev–Trinajstić information content (AvgIpc) is 3.04. The van der Waals surface area contributed by atoms with Crippen molar-refractivity contribution in [2.24, 2.45) is 22.2 Å². The first-order valence-corrected chi connectivity index (χ1v) is 8.39. The summed E-state index contributed by atoms with van der Waals surface area (Å²) in [7, 11) is 0. The van der Waals surface area contributed by atoms with E-state index in [1.165, 1.54) is 12.8 Å². The Morgan fingerprint density at radius 3 is 2.45 bits per heavy atom. The van der Waals surface area contributed by atoms with Crippen LogP contribution in [0.15, 0.2) is 4.99 Å². The van der Waals surface area contributed by atoms with Gasteiger partial charge in [0.25, 0.3) is 0 Å². The van der Waals surface area contributed by atoms with Gasteiger partial charge in [0.1, 0.15) is 6.17 Å². The number of alkyl halides is 3. The van der Waals surface area contributed by atoms with Crippen LogP contribution in [0.4, 0.5) is 4.39 Å². The van der Waals surface area contributed by atoms with Gasteiger partial charge in [-0.15, -0.1) is 23.2 Å². The van der Waals surface area contributed by atoms with Gasteiger partial charge in [-0.1, -0.05) is 0 Å². The molecule has 3 aliphatic carbocycles. The average molecular weight is 320 g/mol. The van der Waals surface area contributed by atoms with Crippen molar-refractivity contribution in [1.82, 2.24) is 0 Å². The highest BCUT2D eigenvalue weighted by Crippen LogP contribution is 2.57. The van der Waals surface area contributed by atoms with Gasteiger partial charge < -0.3 is 0 Å². The molecule has 3 rings (SSSR count). The molecule has 5 heteroatoms. The van der Waals surface area contributed by atoms with E-state index in [1.807, 2.05) is 0 Å². The van der Waals surface area contributed by atoms with Crippen LogP contribution in [0.2, 0.25) is 0 Å². The van der Waals surface area contributed by atoms with Gasteiger partial charge in [0.15, 0.2) is 0 Å². The van der Waals surface area contributed by atoms with Crippen LogP contribution in [-0.2, 0) is 4.79 Å². The van der Waals surface area contributed by atoms with Crippen LogP contribution in [0.25, 0.3) is 0 Å². The van der Waals surface area contributed by atoms with Crippen molar-refractivity contribution < 1.29 is 9.18 Å². The minimum atomic E-state index is -1.03. The lowest BCUT2D eigenvalue weighted by Crippen LogP contribution is -2.47. The molecule has 1 amide bonds. The number of carbonyl (C=O) groups is 1. The van der Waals surface area contributed by atoms with Crippen molar-refractivity contribution >= 4 is 35.3 Å². The summed E-state index contributed by atoms with van der Waals surface area (Å²) in [5.41, 5.74) is 0.632. The van der Waals surface area contributed by atoms with E-state index in [-0.39, 0.29) is 10.8 Å². The van der Waals surface area contributed by atoms with E-state index in [1.54, 1.807) is 0 Å². The summed E-state index contributed by atoms with van der Waals surface area (Å²) in [6, 6.07) is 0. The highest BCUT2D eigenvalue weighted by atomic mass is 35.5. The number of carbonyl (C=O) groups excluding carboxylic acids is 1. The molecule has 0 spiro atoms. The molecular weight excluding hydrogens is 300 g/mol. The lowest BCUT2D eigenvalue weighted by atomic mass is 9.69. The normalized spacial score (nSPS) is 48.5. The maximum absolute atomic E-state index is 14.5. The lowest BCUT2D eigenvalue weighted by Gasteiger charge is -2.40. The summed E-state index contributed by atoms with van der Waals surface area (Å²) < 4.78 is 14.5. The molecule has 0 aromatic heterocycles. The van der Waals surface area contributed by atoms with Crippen LogP contribution in [0.5, 0.6) is 0 Å². The third-order valence-electron chi connectivity index (χ3n) is 5.59. The second-order valence-corrected chi connectivity index (χ2v) is 7.69. The zero-order valence-electron chi connectivity index (χ0n) is 11.4. The van der Waals surface area contributed by atoms with Gasteiger partial charge >= 0.3 is 0 Å². The third-order valence-corrected chi connectivity index (χ3v) is 6.78. The number of halogens is 3. The summed E-state index contributed by atoms with van der Waals surface area (Å²) in [4.78, 5) is 15.1. The number of amides is 1. The van der Waals surface area contributed by atoms with Crippen LogP contribution in [0, 0.1) is 17.3 Å². The number of fused-ring (bicyclic) bond motifs is 2. The van der Waals surface area contributed by atoms with E-state index < -0.39 is 17.5 Å². The first-order chi connectivity index (χ1) is 9.57. The van der Waals surface area contributed by atoms with E-state index in [4.69, 9.17) is 23.2 Å². The van der Waals surface area contributed by atoms with Crippen LogP contribution in [0.3, 0.4) is 0 Å². The van der Waals surface area contributed by atoms with E-state index in [2.05, 4.69) is 4.99 Å². The zero-order chi connectivity index (χ0) is 14.3. The zero-order valence-corrected chi connectivity index (χ0v) is 12.9. The van der Waals surface area contributed by atoms with Crippen molar-refractivity contribution in [3.8, 4) is 0 Å². The minimum absolute atomic E-state index is 0.0817. The molecule has 0 N–H and O–H groups in total. The predicted molar refractivity (Wildman–Crippen MR) is 79.4 cm³/mol. The Morgan fingerprint density at radius 2 is 1.90 bits per heavy atom. The molecule has 2 bridgehead atoms. The molecule has 0 aliphatic heterocycles. The minimum Gasteiger partial charge on any atom is -0.276 e. The molecule has 3 aliphatic rings. The van der Waals surface area contributed by atoms with Crippen LogP contribution in [-0.4, -0.2) is 29.0 Å². The summed E-state index contributed by atoms with van der Waals surface area (Å²) in [5, 5.41) is -0.700. The maximum atomic E-state index is 14.5. The standard InChI is InChI=1S/C15H20Cl2FNO/c16-10-1-2-11(18)12(13(10)17)14(19-8-20)15-5-3-9(7-15)4-6-15/h8-13H,1-7H2. The van der Waals surface area contributed by atoms with Gasteiger partial charge in [-0.3, -0.25) is 4.79 Å². The van der Waals surface area contributed by atoms with E-state index >= 15 is 0 Å². The quantitative estimate of drug-likeness (QED) is 0.437. The number of rotatable bonds is 3. The molecule has 20 heavy (non-hydrogen) atoms. The van der Waals surface area contributed by atoms with Gasteiger partial charge in [0.2, 0.25) is 6.41 Å². The summed E-state index contributed by atoms with van der Waals surface area (Å²) in [6.45, 7) is 0. The SMILES string of the molecule is O=CN=C(C1C(F)CCC(Cl)C1Cl)C12CCC(CC1)C2. The number of aliphatic imine (C=N–C) groups is 1. The van der Waals surface area contributed by atoms with Gasteiger partial charge in [0, 0.05) is 17.0 Å². The van der Waals surface area contributed by atoms with Gasteiger partial charge in [-0.05, 0) is 50.9 Å². The van der Waals surface area contributed by atoms with E-state index in [0.717, 1.165) is 19.3 Å². The summed E-state index contributed by atoms with van der Waals surface area (Å²) >= 11 is 12.6. The number of nitrogens with zero attached hydrogens (tertiary/aromatic N) is 1. The Kier molecular flexibility index (Phi) is 4.11. The van der Waals surface area contributed by atoms with Gasteiger partial charge in [0.05, 0.1) is 10.8 Å². The largest absolute Gasteiger partial charge is 0.276 e. The van der Waals surface area contributed by atoms with E-state index in [0.29, 0.717) is 30.9 Å². The topological polar surface area (TPSA) is 29.4 Å². The molecule has 3 saturated carbocycles. The van der Waals surface area contributed by atoms with Crippen molar-refractivity contribution in [1.29, 1.82) is 0 Å².